The second-order valence-electron chi connectivity index (χ2n) is 2.29. The topological polar surface area (TPSA) is 73.1 Å². The Morgan fingerprint density at radius 3 is 2.71 bits per heavy atom. The van der Waals surface area contributed by atoms with Gasteiger partial charge in [-0.15, -0.1) is 0 Å². The van der Waals surface area contributed by atoms with E-state index in [0.29, 0.717) is 0 Å². The van der Waals surface area contributed by atoms with Crippen LogP contribution in [0.25, 0.3) is 0 Å². The number of ether oxygens (including phenoxy) is 1. The van der Waals surface area contributed by atoms with Gasteiger partial charge in [-0.2, -0.15) is 18.2 Å². The van der Waals surface area contributed by atoms with Crippen molar-refractivity contribution >= 4 is 5.82 Å². The Labute approximate surface area is 77.1 Å². The number of aromatic nitrogens is 2. The van der Waals surface area contributed by atoms with Gasteiger partial charge in [-0.3, -0.25) is 4.98 Å². The van der Waals surface area contributed by atoms with E-state index in [1.165, 1.54) is 6.20 Å². The van der Waals surface area contributed by atoms with Gasteiger partial charge in [0.15, 0.2) is 12.4 Å². The molecule has 3 N–H and O–H groups in total. The van der Waals surface area contributed by atoms with Crippen molar-refractivity contribution < 1.29 is 17.9 Å². The summed E-state index contributed by atoms with van der Waals surface area (Å²) >= 11 is 0. The third kappa shape index (κ3) is 3.44. The fraction of sp³-hybridized carbons (Fsp3) is 0.333. The molecule has 14 heavy (non-hydrogen) atoms. The first-order valence-electron chi connectivity index (χ1n) is 3.49. The van der Waals surface area contributed by atoms with E-state index in [1.54, 1.807) is 0 Å². The fourth-order valence-corrected chi connectivity index (χ4v) is 0.643. The molecule has 0 aromatic carbocycles. The maximum Gasteiger partial charge on any atom is 0.422 e. The van der Waals surface area contributed by atoms with E-state index in [9.17, 15) is 13.2 Å². The van der Waals surface area contributed by atoms with Crippen molar-refractivity contribution in [2.24, 2.45) is 5.84 Å². The molecule has 0 unspecified atom stereocenters. The monoisotopic (exact) mass is 208 g/mol. The standard InChI is InChI=1S/C6H7F3N4O/c7-6(8,9)3-14-5-2-11-1-4(12-5)13-10/h1-2H,3,10H2,(H,12,13). The third-order valence-corrected chi connectivity index (χ3v) is 1.14. The lowest BCUT2D eigenvalue weighted by atomic mass is 10.6. The lowest BCUT2D eigenvalue weighted by molar-refractivity contribution is -0.154. The number of nitrogen functional groups attached to an aromatic ring is 1. The Balaban J connectivity index is 2.59. The number of alkyl halides is 3. The molecule has 0 fully saturated rings. The zero-order valence-electron chi connectivity index (χ0n) is 6.88. The summed E-state index contributed by atoms with van der Waals surface area (Å²) in [5, 5.41) is 0. The number of halogens is 3. The van der Waals surface area contributed by atoms with Crippen molar-refractivity contribution in [2.75, 3.05) is 12.0 Å². The summed E-state index contributed by atoms with van der Waals surface area (Å²) < 4.78 is 39.4. The molecule has 0 atom stereocenters. The highest BCUT2D eigenvalue weighted by Gasteiger charge is 2.28. The zero-order valence-corrected chi connectivity index (χ0v) is 6.88. The van der Waals surface area contributed by atoms with Gasteiger partial charge in [-0.1, -0.05) is 0 Å². The highest BCUT2D eigenvalue weighted by atomic mass is 19.4. The van der Waals surface area contributed by atoms with Gasteiger partial charge >= 0.3 is 6.18 Å². The van der Waals surface area contributed by atoms with Gasteiger partial charge in [-0.25, -0.2) is 5.84 Å². The minimum atomic E-state index is -4.40. The van der Waals surface area contributed by atoms with Gasteiger partial charge in [0.25, 0.3) is 0 Å². The molecule has 78 valence electrons. The minimum Gasteiger partial charge on any atom is -0.467 e. The molecule has 0 amide bonds. The molecule has 0 aliphatic heterocycles. The second-order valence-corrected chi connectivity index (χ2v) is 2.29. The Kier molecular flexibility index (Phi) is 3.07. The van der Waals surface area contributed by atoms with Crippen LogP contribution in [0.1, 0.15) is 0 Å². The van der Waals surface area contributed by atoms with E-state index in [4.69, 9.17) is 5.84 Å². The first-order valence-corrected chi connectivity index (χ1v) is 3.49. The van der Waals surface area contributed by atoms with Gasteiger partial charge in [0.1, 0.15) is 0 Å². The van der Waals surface area contributed by atoms with E-state index in [2.05, 4.69) is 20.1 Å². The van der Waals surface area contributed by atoms with Crippen molar-refractivity contribution in [1.29, 1.82) is 0 Å². The summed E-state index contributed by atoms with van der Waals surface area (Å²) in [4.78, 5) is 7.13. The van der Waals surface area contributed by atoms with Crippen molar-refractivity contribution in [2.45, 2.75) is 6.18 Å². The zero-order chi connectivity index (χ0) is 10.6. The van der Waals surface area contributed by atoms with Crippen LogP contribution in [0.5, 0.6) is 5.88 Å². The van der Waals surface area contributed by atoms with Crippen molar-refractivity contribution in [3.05, 3.63) is 12.4 Å². The van der Waals surface area contributed by atoms with Crippen LogP contribution < -0.4 is 16.0 Å². The van der Waals surface area contributed by atoms with E-state index in [1.807, 2.05) is 0 Å². The molecule has 1 aromatic heterocycles. The normalized spacial score (nSPS) is 11.1. The average molecular weight is 208 g/mol. The molecule has 0 saturated heterocycles. The highest BCUT2D eigenvalue weighted by molar-refractivity contribution is 5.31. The molecule has 0 radical (unpaired) electrons. The summed E-state index contributed by atoms with van der Waals surface area (Å²) in [6.45, 7) is -1.41. The molecule has 8 heteroatoms. The van der Waals surface area contributed by atoms with Crippen LogP contribution in [0.15, 0.2) is 12.4 Å². The Morgan fingerprint density at radius 1 is 1.43 bits per heavy atom. The number of rotatable bonds is 3. The van der Waals surface area contributed by atoms with Crippen LogP contribution in [-0.4, -0.2) is 22.8 Å². The smallest absolute Gasteiger partial charge is 0.422 e. The van der Waals surface area contributed by atoms with Crippen LogP contribution in [0.2, 0.25) is 0 Å². The van der Waals surface area contributed by atoms with Crippen molar-refractivity contribution in [3.8, 4) is 5.88 Å². The number of nitrogens with zero attached hydrogens (tertiary/aromatic N) is 2. The predicted molar refractivity (Wildman–Crippen MR) is 41.4 cm³/mol. The number of anilines is 1. The SMILES string of the molecule is NNc1cncc(OCC(F)(F)F)n1. The summed E-state index contributed by atoms with van der Waals surface area (Å²) in [5.74, 6) is 4.86. The summed E-state index contributed by atoms with van der Waals surface area (Å²) in [6.07, 6.45) is -2.08. The summed E-state index contributed by atoms with van der Waals surface area (Å²) in [5.41, 5.74) is 2.13. The van der Waals surface area contributed by atoms with Gasteiger partial charge in [0.05, 0.1) is 12.4 Å². The quantitative estimate of drug-likeness (QED) is 0.565. The van der Waals surface area contributed by atoms with Crippen LogP contribution in [-0.2, 0) is 0 Å². The van der Waals surface area contributed by atoms with Crippen LogP contribution >= 0.6 is 0 Å². The molecule has 5 nitrogen and oxygen atoms in total. The van der Waals surface area contributed by atoms with E-state index < -0.39 is 12.8 Å². The first-order chi connectivity index (χ1) is 6.51. The molecule has 0 aliphatic carbocycles. The summed E-state index contributed by atoms with van der Waals surface area (Å²) in [7, 11) is 0. The first kappa shape index (κ1) is 10.5. The number of hydrogen-bond donors (Lipinski definition) is 2. The lowest BCUT2D eigenvalue weighted by Gasteiger charge is -2.08. The van der Waals surface area contributed by atoms with E-state index in [-0.39, 0.29) is 11.7 Å². The van der Waals surface area contributed by atoms with Gasteiger partial charge in [0.2, 0.25) is 5.88 Å². The maximum atomic E-state index is 11.7. The molecular formula is C6H7F3N4O. The van der Waals surface area contributed by atoms with Crippen LogP contribution in [0.4, 0.5) is 19.0 Å². The summed E-state index contributed by atoms with van der Waals surface area (Å²) in [6, 6.07) is 0. The molecule has 1 heterocycles. The average Bonchev–Trinajstić information content (AvgIpc) is 2.14. The number of nitrogens with one attached hydrogen (secondary N) is 1. The molecule has 1 aromatic rings. The Bertz CT molecular complexity index is 303. The second kappa shape index (κ2) is 4.09. The van der Waals surface area contributed by atoms with Crippen LogP contribution in [0, 0.1) is 0 Å². The van der Waals surface area contributed by atoms with Crippen molar-refractivity contribution in [1.82, 2.24) is 9.97 Å². The molecule has 0 bridgehead atoms. The lowest BCUT2D eigenvalue weighted by Crippen LogP contribution is -2.20. The maximum absolute atomic E-state index is 11.7. The van der Waals surface area contributed by atoms with Gasteiger partial charge in [-0.05, 0) is 0 Å². The van der Waals surface area contributed by atoms with Crippen LogP contribution in [0.3, 0.4) is 0 Å². The molecule has 0 saturated carbocycles. The Hall–Kier alpha value is -1.57. The van der Waals surface area contributed by atoms with Gasteiger partial charge < -0.3 is 10.2 Å². The highest BCUT2D eigenvalue weighted by Crippen LogP contribution is 2.16. The molecule has 1 rings (SSSR count). The number of nitrogens with two attached hydrogens (primary N) is 1. The number of hydrazine groups is 1. The fourth-order valence-electron chi connectivity index (χ4n) is 0.643. The minimum absolute atomic E-state index is 0.129. The number of hydrogen-bond acceptors (Lipinski definition) is 5. The largest absolute Gasteiger partial charge is 0.467 e. The van der Waals surface area contributed by atoms with Gasteiger partial charge in [0, 0.05) is 0 Å². The molecular weight excluding hydrogens is 201 g/mol. The Morgan fingerprint density at radius 2 is 2.14 bits per heavy atom. The third-order valence-electron chi connectivity index (χ3n) is 1.14. The van der Waals surface area contributed by atoms with E-state index in [0.717, 1.165) is 6.20 Å². The van der Waals surface area contributed by atoms with E-state index >= 15 is 0 Å². The van der Waals surface area contributed by atoms with Crippen molar-refractivity contribution in [3.63, 3.8) is 0 Å². The molecule has 0 aliphatic rings. The molecule has 0 spiro atoms. The predicted octanol–water partition coefficient (Wildman–Crippen LogP) is 0.703.